The van der Waals surface area contributed by atoms with E-state index in [9.17, 15) is 27.2 Å². The summed E-state index contributed by atoms with van der Waals surface area (Å²) in [4.78, 5) is 22.4. The molecule has 0 fully saturated rings. The maximum atomic E-state index is 13.4. The number of aliphatic hydroxyl groups excluding tert-OH is 1. The predicted octanol–water partition coefficient (Wildman–Crippen LogP) is 1.41. The van der Waals surface area contributed by atoms with E-state index in [1.54, 1.807) is 5.32 Å². The second kappa shape index (κ2) is 6.08. The highest BCUT2D eigenvalue weighted by molar-refractivity contribution is 5.97. The van der Waals surface area contributed by atoms with E-state index in [0.29, 0.717) is 12.1 Å². The predicted molar refractivity (Wildman–Crippen MR) is 62.0 cm³/mol. The molecule has 0 bridgehead atoms. The lowest BCUT2D eigenvalue weighted by Crippen LogP contribution is -2.47. The summed E-state index contributed by atoms with van der Waals surface area (Å²) in [7, 11) is 0. The summed E-state index contributed by atoms with van der Waals surface area (Å²) < 4.78 is 50.9. The molecule has 1 amide bonds. The molecular weight excluding hydrogens is 298 g/mol. The summed E-state index contributed by atoms with van der Waals surface area (Å²) in [5.74, 6) is -4.21. The molecule has 0 aliphatic rings. The zero-order chi connectivity index (χ0) is 16.4. The second-order valence-electron chi connectivity index (χ2n) is 4.22. The summed E-state index contributed by atoms with van der Waals surface area (Å²) >= 11 is 0. The van der Waals surface area contributed by atoms with Crippen LogP contribution in [-0.4, -0.2) is 34.2 Å². The number of hydrogen-bond acceptors (Lipinski definition) is 3. The minimum Gasteiger partial charge on any atom is -0.480 e. The average Bonchev–Trinajstić information content (AvgIpc) is 2.33. The number of halogens is 4. The van der Waals surface area contributed by atoms with Crippen molar-refractivity contribution in [2.75, 3.05) is 0 Å². The van der Waals surface area contributed by atoms with E-state index in [0.717, 1.165) is 6.92 Å². The number of amides is 1. The molecule has 1 rings (SSSR count). The number of aliphatic hydroxyl groups is 1. The fourth-order valence-corrected chi connectivity index (χ4v) is 1.48. The zero-order valence-electron chi connectivity index (χ0n) is 10.6. The first kappa shape index (κ1) is 16.9. The Morgan fingerprint density at radius 1 is 1.29 bits per heavy atom. The van der Waals surface area contributed by atoms with Gasteiger partial charge in [-0.05, 0) is 25.1 Å². The highest BCUT2D eigenvalue weighted by Gasteiger charge is 2.33. The van der Waals surface area contributed by atoms with Crippen molar-refractivity contribution in [3.05, 3.63) is 35.1 Å². The molecule has 21 heavy (non-hydrogen) atoms. The van der Waals surface area contributed by atoms with Gasteiger partial charge in [0.15, 0.2) is 6.04 Å². The van der Waals surface area contributed by atoms with Gasteiger partial charge in [-0.25, -0.2) is 9.18 Å². The van der Waals surface area contributed by atoms with Gasteiger partial charge < -0.3 is 15.5 Å². The fraction of sp³-hybridized carbons (Fsp3) is 0.333. The molecule has 0 saturated carbocycles. The van der Waals surface area contributed by atoms with Crippen molar-refractivity contribution in [3.63, 3.8) is 0 Å². The van der Waals surface area contributed by atoms with Gasteiger partial charge in [-0.2, -0.15) is 13.2 Å². The lowest BCUT2D eigenvalue weighted by Gasteiger charge is -2.17. The molecule has 0 spiro atoms. The van der Waals surface area contributed by atoms with Gasteiger partial charge in [-0.15, -0.1) is 0 Å². The monoisotopic (exact) mass is 309 g/mol. The molecule has 1 aromatic rings. The molecule has 0 aliphatic heterocycles. The quantitative estimate of drug-likeness (QED) is 0.734. The number of aliphatic carboxylic acids is 1. The summed E-state index contributed by atoms with van der Waals surface area (Å²) in [6.45, 7) is 1.06. The zero-order valence-corrected chi connectivity index (χ0v) is 10.6. The third kappa shape index (κ3) is 4.15. The van der Waals surface area contributed by atoms with Crippen LogP contribution in [0.25, 0.3) is 0 Å². The molecule has 0 saturated heterocycles. The number of hydrogen-bond donors (Lipinski definition) is 3. The molecule has 0 aliphatic carbocycles. The molecule has 5 nitrogen and oxygen atoms in total. The van der Waals surface area contributed by atoms with Crippen LogP contribution < -0.4 is 5.32 Å². The van der Waals surface area contributed by atoms with Crippen LogP contribution in [0.1, 0.15) is 22.8 Å². The summed E-state index contributed by atoms with van der Waals surface area (Å²) in [5.41, 5.74) is -2.21. The Balaban J connectivity index is 3.10. The van der Waals surface area contributed by atoms with Crippen LogP contribution >= 0.6 is 0 Å². The Bertz CT molecular complexity index is 557. The minimum absolute atomic E-state index is 0.269. The van der Waals surface area contributed by atoms with Gasteiger partial charge in [0.25, 0.3) is 5.91 Å². The highest BCUT2D eigenvalue weighted by atomic mass is 19.4. The third-order valence-electron chi connectivity index (χ3n) is 2.57. The van der Waals surface area contributed by atoms with Crippen molar-refractivity contribution in [1.82, 2.24) is 5.32 Å². The number of carbonyl (C=O) groups is 2. The van der Waals surface area contributed by atoms with Crippen LogP contribution in [0.2, 0.25) is 0 Å². The molecule has 2 unspecified atom stereocenters. The molecule has 1 aromatic carbocycles. The summed E-state index contributed by atoms with van der Waals surface area (Å²) in [5, 5.41) is 19.7. The first-order valence-corrected chi connectivity index (χ1v) is 5.62. The number of benzene rings is 1. The van der Waals surface area contributed by atoms with Crippen LogP contribution in [0.15, 0.2) is 18.2 Å². The van der Waals surface area contributed by atoms with Crippen molar-refractivity contribution in [3.8, 4) is 0 Å². The van der Waals surface area contributed by atoms with Gasteiger partial charge in [-0.1, -0.05) is 0 Å². The standard InChI is InChI=1S/C12H11F4NO4/c1-5(18)9(11(20)21)17-10(19)7-4-6(12(14,15)16)2-3-8(7)13/h2-5,9,18H,1H3,(H,17,19)(H,20,21). The molecule has 3 N–H and O–H groups in total. The number of nitrogens with one attached hydrogen (secondary N) is 1. The van der Waals surface area contributed by atoms with Crippen molar-refractivity contribution in [2.45, 2.75) is 25.2 Å². The number of carbonyl (C=O) groups excluding carboxylic acids is 1. The van der Waals surface area contributed by atoms with E-state index in [-0.39, 0.29) is 6.07 Å². The van der Waals surface area contributed by atoms with E-state index in [2.05, 4.69) is 0 Å². The molecule has 9 heteroatoms. The number of carboxylic acids is 1. The Labute approximate surface area is 116 Å². The molecule has 0 aromatic heterocycles. The average molecular weight is 309 g/mol. The minimum atomic E-state index is -4.78. The van der Waals surface area contributed by atoms with Crippen LogP contribution in [0.5, 0.6) is 0 Å². The van der Waals surface area contributed by atoms with E-state index in [1.165, 1.54) is 0 Å². The smallest absolute Gasteiger partial charge is 0.416 e. The van der Waals surface area contributed by atoms with E-state index in [1.807, 2.05) is 0 Å². The largest absolute Gasteiger partial charge is 0.480 e. The van der Waals surface area contributed by atoms with Gasteiger partial charge in [0.1, 0.15) is 5.82 Å². The Morgan fingerprint density at radius 3 is 2.29 bits per heavy atom. The van der Waals surface area contributed by atoms with Crippen LogP contribution in [0.3, 0.4) is 0 Å². The van der Waals surface area contributed by atoms with Crippen molar-refractivity contribution in [1.29, 1.82) is 0 Å². The van der Waals surface area contributed by atoms with Crippen molar-refractivity contribution < 1.29 is 37.4 Å². The van der Waals surface area contributed by atoms with Crippen LogP contribution in [0.4, 0.5) is 17.6 Å². The van der Waals surface area contributed by atoms with Crippen molar-refractivity contribution in [2.24, 2.45) is 0 Å². The lowest BCUT2D eigenvalue weighted by molar-refractivity contribution is -0.142. The molecule has 0 radical (unpaired) electrons. The molecule has 2 atom stereocenters. The Kier molecular flexibility index (Phi) is 4.89. The lowest BCUT2D eigenvalue weighted by atomic mass is 10.1. The molecular formula is C12H11F4NO4. The summed E-state index contributed by atoms with van der Waals surface area (Å²) in [6, 6.07) is -0.594. The Hall–Kier alpha value is -2.16. The van der Waals surface area contributed by atoms with Crippen LogP contribution in [-0.2, 0) is 11.0 Å². The topological polar surface area (TPSA) is 86.6 Å². The molecule has 0 heterocycles. The SMILES string of the molecule is CC(O)C(NC(=O)c1cc(C(F)(F)F)ccc1F)C(=O)O. The number of rotatable bonds is 4. The van der Waals surface area contributed by atoms with Gasteiger partial charge >= 0.3 is 12.1 Å². The first-order valence-electron chi connectivity index (χ1n) is 5.62. The normalized spacial score (nSPS) is 14.4. The van der Waals surface area contributed by atoms with Gasteiger partial charge in [-0.3, -0.25) is 4.79 Å². The summed E-state index contributed by atoms with van der Waals surface area (Å²) in [6.07, 6.45) is -6.29. The van der Waals surface area contributed by atoms with E-state index >= 15 is 0 Å². The van der Waals surface area contributed by atoms with Gasteiger partial charge in [0.2, 0.25) is 0 Å². The Morgan fingerprint density at radius 2 is 1.86 bits per heavy atom. The molecule has 116 valence electrons. The maximum Gasteiger partial charge on any atom is 0.416 e. The van der Waals surface area contributed by atoms with Crippen molar-refractivity contribution >= 4 is 11.9 Å². The van der Waals surface area contributed by atoms with Gasteiger partial charge in [0, 0.05) is 0 Å². The van der Waals surface area contributed by atoms with Crippen LogP contribution in [0, 0.1) is 5.82 Å². The third-order valence-corrected chi connectivity index (χ3v) is 2.57. The number of alkyl halides is 3. The fourth-order valence-electron chi connectivity index (χ4n) is 1.48. The second-order valence-corrected chi connectivity index (χ2v) is 4.22. The first-order chi connectivity index (χ1) is 9.54. The number of carboxylic acid groups (broad SMARTS) is 1. The van der Waals surface area contributed by atoms with Gasteiger partial charge in [0.05, 0.1) is 17.2 Å². The highest BCUT2D eigenvalue weighted by Crippen LogP contribution is 2.30. The van der Waals surface area contributed by atoms with E-state index in [4.69, 9.17) is 10.2 Å². The van der Waals surface area contributed by atoms with E-state index < -0.39 is 47.1 Å². The maximum absolute atomic E-state index is 13.4.